The van der Waals surface area contributed by atoms with Crippen LogP contribution in [0, 0.1) is 5.82 Å². The average Bonchev–Trinajstić information content (AvgIpc) is 2.65. The van der Waals surface area contributed by atoms with Gasteiger partial charge in [0.1, 0.15) is 21.3 Å². The SMILES string of the molecule is OC(Cc1cccc(F)c1)c1ncc(Cl)s1. The van der Waals surface area contributed by atoms with Crippen LogP contribution in [0.4, 0.5) is 4.39 Å². The molecule has 0 saturated heterocycles. The van der Waals surface area contributed by atoms with Gasteiger partial charge in [-0.05, 0) is 17.7 Å². The minimum atomic E-state index is -0.737. The average molecular weight is 258 g/mol. The van der Waals surface area contributed by atoms with Gasteiger partial charge in [0.2, 0.25) is 0 Å². The highest BCUT2D eigenvalue weighted by atomic mass is 35.5. The van der Waals surface area contributed by atoms with E-state index in [0.717, 1.165) is 5.56 Å². The maximum Gasteiger partial charge on any atom is 0.123 e. The summed E-state index contributed by atoms with van der Waals surface area (Å²) in [7, 11) is 0. The second kappa shape index (κ2) is 4.91. The second-order valence-electron chi connectivity index (χ2n) is 3.35. The van der Waals surface area contributed by atoms with Crippen molar-refractivity contribution in [2.24, 2.45) is 0 Å². The number of thiazole rings is 1. The third-order valence-electron chi connectivity index (χ3n) is 2.10. The molecular formula is C11H9ClFNOS. The minimum absolute atomic E-state index is 0.304. The summed E-state index contributed by atoms with van der Waals surface area (Å²) in [5, 5.41) is 10.4. The fourth-order valence-corrected chi connectivity index (χ4v) is 2.31. The van der Waals surface area contributed by atoms with Crippen molar-refractivity contribution in [3.05, 3.63) is 51.2 Å². The molecule has 2 aromatic rings. The summed E-state index contributed by atoms with van der Waals surface area (Å²) in [4.78, 5) is 3.98. The molecule has 5 heteroatoms. The van der Waals surface area contributed by atoms with Crippen molar-refractivity contribution < 1.29 is 9.50 Å². The summed E-state index contributed by atoms with van der Waals surface area (Å²) in [5.41, 5.74) is 0.735. The molecule has 0 radical (unpaired) electrons. The summed E-state index contributed by atoms with van der Waals surface area (Å²) in [5.74, 6) is -0.304. The van der Waals surface area contributed by atoms with E-state index in [0.29, 0.717) is 15.8 Å². The fourth-order valence-electron chi connectivity index (χ4n) is 1.40. The molecule has 1 aromatic carbocycles. The first-order valence-corrected chi connectivity index (χ1v) is 5.88. The van der Waals surface area contributed by atoms with E-state index in [1.165, 1.54) is 29.7 Å². The first-order valence-electron chi connectivity index (χ1n) is 4.69. The lowest BCUT2D eigenvalue weighted by atomic mass is 10.1. The van der Waals surface area contributed by atoms with Crippen molar-refractivity contribution in [1.82, 2.24) is 4.98 Å². The van der Waals surface area contributed by atoms with Crippen LogP contribution in [0.1, 0.15) is 16.7 Å². The van der Waals surface area contributed by atoms with E-state index in [-0.39, 0.29) is 5.82 Å². The molecule has 1 aromatic heterocycles. The molecule has 0 aliphatic heterocycles. The molecule has 0 aliphatic carbocycles. The molecule has 0 spiro atoms. The molecule has 84 valence electrons. The van der Waals surface area contributed by atoms with E-state index in [1.807, 2.05) is 0 Å². The maximum absolute atomic E-state index is 12.9. The Labute approximate surface area is 101 Å². The molecule has 1 unspecified atom stereocenters. The zero-order chi connectivity index (χ0) is 11.5. The van der Waals surface area contributed by atoms with Gasteiger partial charge >= 0.3 is 0 Å². The Morgan fingerprint density at radius 3 is 2.94 bits per heavy atom. The van der Waals surface area contributed by atoms with Crippen LogP contribution in [0.3, 0.4) is 0 Å². The van der Waals surface area contributed by atoms with Crippen molar-refractivity contribution in [1.29, 1.82) is 0 Å². The summed E-state index contributed by atoms with van der Waals surface area (Å²) in [6, 6.07) is 6.16. The molecule has 16 heavy (non-hydrogen) atoms. The molecular weight excluding hydrogens is 249 g/mol. The Morgan fingerprint density at radius 1 is 1.50 bits per heavy atom. The van der Waals surface area contributed by atoms with Gasteiger partial charge in [0, 0.05) is 6.42 Å². The lowest BCUT2D eigenvalue weighted by molar-refractivity contribution is 0.178. The third kappa shape index (κ3) is 2.78. The lowest BCUT2D eigenvalue weighted by Gasteiger charge is -2.07. The van der Waals surface area contributed by atoms with Gasteiger partial charge in [-0.25, -0.2) is 9.37 Å². The highest BCUT2D eigenvalue weighted by molar-refractivity contribution is 7.15. The van der Waals surface area contributed by atoms with Gasteiger partial charge < -0.3 is 5.11 Å². The molecule has 1 heterocycles. The highest BCUT2D eigenvalue weighted by Gasteiger charge is 2.12. The van der Waals surface area contributed by atoms with Crippen LogP contribution < -0.4 is 0 Å². The molecule has 1 N–H and O–H groups in total. The van der Waals surface area contributed by atoms with Crippen LogP contribution >= 0.6 is 22.9 Å². The van der Waals surface area contributed by atoms with E-state index in [2.05, 4.69) is 4.98 Å². The van der Waals surface area contributed by atoms with Crippen LogP contribution in [0.2, 0.25) is 4.34 Å². The summed E-state index contributed by atoms with van der Waals surface area (Å²) >= 11 is 6.95. The van der Waals surface area contributed by atoms with Crippen LogP contribution in [0.15, 0.2) is 30.5 Å². The summed E-state index contributed by atoms with van der Waals surface area (Å²) in [6.07, 6.45) is 1.09. The van der Waals surface area contributed by atoms with Gasteiger partial charge in [-0.2, -0.15) is 0 Å². The quantitative estimate of drug-likeness (QED) is 0.916. The first kappa shape index (κ1) is 11.5. The first-order chi connectivity index (χ1) is 7.65. The smallest absolute Gasteiger partial charge is 0.123 e. The number of halogens is 2. The van der Waals surface area contributed by atoms with E-state index in [4.69, 9.17) is 11.6 Å². The monoisotopic (exact) mass is 257 g/mol. The zero-order valence-electron chi connectivity index (χ0n) is 8.23. The van der Waals surface area contributed by atoms with Crippen LogP contribution in [0.25, 0.3) is 0 Å². The van der Waals surface area contributed by atoms with Crippen LogP contribution in [-0.4, -0.2) is 10.1 Å². The number of hydrogen-bond acceptors (Lipinski definition) is 3. The summed E-state index contributed by atoms with van der Waals surface area (Å²) < 4.78 is 13.4. The number of hydrogen-bond donors (Lipinski definition) is 1. The standard InChI is InChI=1S/C11H9ClFNOS/c12-10-6-14-11(16-10)9(15)5-7-2-1-3-8(13)4-7/h1-4,6,9,15H,5H2. The normalized spacial score (nSPS) is 12.7. The molecule has 0 fully saturated rings. The van der Waals surface area contributed by atoms with Gasteiger partial charge in [0.15, 0.2) is 0 Å². The maximum atomic E-state index is 12.9. The van der Waals surface area contributed by atoms with Crippen LogP contribution in [-0.2, 0) is 6.42 Å². The van der Waals surface area contributed by atoms with Gasteiger partial charge in [0.05, 0.1) is 6.20 Å². The Bertz CT molecular complexity index is 488. The Morgan fingerprint density at radius 2 is 2.31 bits per heavy atom. The van der Waals surface area contributed by atoms with Gasteiger partial charge in [-0.3, -0.25) is 0 Å². The number of aliphatic hydroxyl groups is 1. The van der Waals surface area contributed by atoms with E-state index in [9.17, 15) is 9.50 Å². The highest BCUT2D eigenvalue weighted by Crippen LogP contribution is 2.26. The molecule has 0 amide bonds. The van der Waals surface area contributed by atoms with E-state index >= 15 is 0 Å². The Hall–Kier alpha value is -0.970. The fraction of sp³-hybridized carbons (Fsp3) is 0.182. The van der Waals surface area contributed by atoms with Crippen molar-refractivity contribution in [3.63, 3.8) is 0 Å². The lowest BCUT2D eigenvalue weighted by Crippen LogP contribution is -2.01. The third-order valence-corrected chi connectivity index (χ3v) is 3.31. The van der Waals surface area contributed by atoms with E-state index in [1.54, 1.807) is 12.1 Å². The minimum Gasteiger partial charge on any atom is -0.386 e. The largest absolute Gasteiger partial charge is 0.386 e. The van der Waals surface area contributed by atoms with E-state index < -0.39 is 6.10 Å². The van der Waals surface area contributed by atoms with Crippen LogP contribution in [0.5, 0.6) is 0 Å². The number of nitrogens with zero attached hydrogens (tertiary/aromatic N) is 1. The number of aliphatic hydroxyl groups excluding tert-OH is 1. The molecule has 1 atom stereocenters. The molecule has 2 nitrogen and oxygen atoms in total. The van der Waals surface area contributed by atoms with Crippen molar-refractivity contribution >= 4 is 22.9 Å². The van der Waals surface area contributed by atoms with Crippen molar-refractivity contribution in [2.45, 2.75) is 12.5 Å². The van der Waals surface area contributed by atoms with Gasteiger partial charge in [-0.1, -0.05) is 23.7 Å². The Balaban J connectivity index is 2.10. The summed E-state index contributed by atoms with van der Waals surface area (Å²) in [6.45, 7) is 0. The molecule has 0 bridgehead atoms. The number of rotatable bonds is 3. The second-order valence-corrected chi connectivity index (χ2v) is 5.05. The number of aromatic nitrogens is 1. The van der Waals surface area contributed by atoms with Crippen molar-refractivity contribution in [3.8, 4) is 0 Å². The molecule has 2 rings (SSSR count). The molecule has 0 saturated carbocycles. The van der Waals surface area contributed by atoms with Gasteiger partial charge in [0.25, 0.3) is 0 Å². The Kier molecular flexibility index (Phi) is 3.53. The zero-order valence-corrected chi connectivity index (χ0v) is 9.80. The topological polar surface area (TPSA) is 33.1 Å². The van der Waals surface area contributed by atoms with Crippen molar-refractivity contribution in [2.75, 3.05) is 0 Å². The predicted molar refractivity (Wildman–Crippen MR) is 62.2 cm³/mol. The predicted octanol–water partition coefficient (Wildman–Crippen LogP) is 3.21. The molecule has 0 aliphatic rings. The van der Waals surface area contributed by atoms with Gasteiger partial charge in [-0.15, -0.1) is 11.3 Å². The number of benzene rings is 1.